The van der Waals surface area contributed by atoms with Gasteiger partial charge in [0, 0.05) is 19.6 Å². The van der Waals surface area contributed by atoms with Crippen LogP contribution in [0.4, 0.5) is 0 Å². The second-order valence-electron chi connectivity index (χ2n) is 6.13. The molecule has 100 valence electrons. The minimum absolute atomic E-state index is 0.263. The molecule has 3 rings (SSSR count). The van der Waals surface area contributed by atoms with E-state index >= 15 is 0 Å². The van der Waals surface area contributed by atoms with Crippen molar-refractivity contribution in [1.82, 2.24) is 9.80 Å². The molecule has 2 heterocycles. The number of piperidine rings is 2. The first kappa shape index (κ1) is 12.2. The zero-order chi connectivity index (χ0) is 12.5. The Hall–Kier alpha value is -0.830. The van der Waals surface area contributed by atoms with Crippen LogP contribution < -0.4 is 0 Å². The highest BCUT2D eigenvalue weighted by molar-refractivity contribution is 5.79. The van der Waals surface area contributed by atoms with Gasteiger partial charge in [0.1, 0.15) is 0 Å². The van der Waals surface area contributed by atoms with Gasteiger partial charge in [0.15, 0.2) is 0 Å². The quantitative estimate of drug-likeness (QED) is 0.663. The van der Waals surface area contributed by atoms with Crippen molar-refractivity contribution >= 4 is 5.91 Å². The van der Waals surface area contributed by atoms with Gasteiger partial charge < -0.3 is 9.80 Å². The standard InChI is InChI=1S/C15H24N2O/c1-16-8-2-3-14(11-16)15(18)17-9-6-13(7-10-17)12-4-5-12/h14H,2-11H2,1H3. The van der Waals surface area contributed by atoms with E-state index < -0.39 is 0 Å². The summed E-state index contributed by atoms with van der Waals surface area (Å²) in [7, 11) is 2.13. The molecule has 3 nitrogen and oxygen atoms in total. The molecule has 1 amide bonds. The number of hydrogen-bond donors (Lipinski definition) is 0. The van der Waals surface area contributed by atoms with Crippen molar-refractivity contribution in [2.24, 2.45) is 5.92 Å². The van der Waals surface area contributed by atoms with Gasteiger partial charge in [-0.3, -0.25) is 4.79 Å². The summed E-state index contributed by atoms with van der Waals surface area (Å²) in [6.07, 6.45) is 7.21. The smallest absolute Gasteiger partial charge is 0.226 e. The molecule has 0 bridgehead atoms. The molecule has 1 atom stereocenters. The molecule has 1 unspecified atom stereocenters. The van der Waals surface area contributed by atoms with Gasteiger partial charge >= 0.3 is 0 Å². The topological polar surface area (TPSA) is 23.6 Å². The number of carbonyl (C=O) groups excluding carboxylic acids is 1. The summed E-state index contributed by atoms with van der Waals surface area (Å²) in [6, 6.07) is 0. The number of likely N-dealkylation sites (tertiary alicyclic amines) is 2. The maximum atomic E-state index is 12.5. The lowest BCUT2D eigenvalue weighted by atomic mass is 9.95. The molecule has 1 aliphatic carbocycles. The number of hydrogen-bond acceptors (Lipinski definition) is 2. The monoisotopic (exact) mass is 248 g/mol. The van der Waals surface area contributed by atoms with Crippen LogP contribution >= 0.6 is 0 Å². The molecule has 2 aliphatic heterocycles. The lowest BCUT2D eigenvalue weighted by molar-refractivity contribution is -0.137. The summed E-state index contributed by atoms with van der Waals surface area (Å²) in [4.78, 5) is 16.9. The van der Waals surface area contributed by atoms with E-state index in [2.05, 4.69) is 16.8 Å². The molecule has 0 spiro atoms. The molecule has 0 radical (unpaired) electrons. The first-order chi connectivity index (χ1) is 8.74. The normalized spacial score (nSPS) is 29.6. The van der Waals surface area contributed by atoms with Gasteiger partial charge in [0.2, 0.25) is 5.91 Å². The number of rotatable bonds is 1. The van der Waals surface area contributed by atoms with Crippen LogP contribution in [0.25, 0.3) is 0 Å². The zero-order valence-electron chi connectivity index (χ0n) is 11.5. The Balaban J connectivity index is 1.55. The van der Waals surface area contributed by atoms with Crippen LogP contribution in [0.1, 0.15) is 38.5 Å². The molecular weight excluding hydrogens is 224 g/mol. The molecule has 1 saturated carbocycles. The van der Waals surface area contributed by atoms with E-state index in [1.165, 1.54) is 19.3 Å². The summed E-state index contributed by atoms with van der Waals surface area (Å²) in [5.41, 5.74) is 3.36. The summed E-state index contributed by atoms with van der Waals surface area (Å²) >= 11 is 0. The summed E-state index contributed by atoms with van der Waals surface area (Å²) in [5.74, 6) is 0.681. The van der Waals surface area contributed by atoms with E-state index in [0.29, 0.717) is 5.91 Å². The Bertz CT molecular complexity index is 359. The first-order valence-corrected chi connectivity index (χ1v) is 7.41. The van der Waals surface area contributed by atoms with Crippen molar-refractivity contribution in [3.05, 3.63) is 11.1 Å². The highest BCUT2D eigenvalue weighted by Gasteiger charge is 2.30. The molecule has 2 saturated heterocycles. The minimum atomic E-state index is 0.263. The lowest BCUT2D eigenvalue weighted by Crippen LogP contribution is -2.45. The van der Waals surface area contributed by atoms with Crippen LogP contribution in [0.15, 0.2) is 11.1 Å². The highest BCUT2D eigenvalue weighted by Crippen LogP contribution is 2.36. The second-order valence-corrected chi connectivity index (χ2v) is 6.13. The lowest BCUT2D eigenvalue weighted by Gasteiger charge is -2.35. The Morgan fingerprint density at radius 1 is 1.06 bits per heavy atom. The third-order valence-corrected chi connectivity index (χ3v) is 4.65. The van der Waals surface area contributed by atoms with Gasteiger partial charge in [0.05, 0.1) is 5.92 Å². The largest absolute Gasteiger partial charge is 0.342 e. The molecule has 3 aliphatic rings. The summed E-state index contributed by atoms with van der Waals surface area (Å²) in [6.45, 7) is 4.05. The van der Waals surface area contributed by atoms with Crippen molar-refractivity contribution in [2.75, 3.05) is 33.2 Å². The summed E-state index contributed by atoms with van der Waals surface area (Å²) in [5, 5.41) is 0. The minimum Gasteiger partial charge on any atom is -0.342 e. The zero-order valence-corrected chi connectivity index (χ0v) is 11.5. The highest BCUT2D eigenvalue weighted by atomic mass is 16.2. The maximum Gasteiger partial charge on any atom is 0.226 e. The van der Waals surface area contributed by atoms with Gasteiger partial charge in [-0.05, 0) is 52.1 Å². The average Bonchev–Trinajstić information content (AvgIpc) is 3.22. The Labute approximate surface area is 110 Å². The molecule has 0 aromatic rings. The Morgan fingerprint density at radius 2 is 1.72 bits per heavy atom. The van der Waals surface area contributed by atoms with Crippen molar-refractivity contribution in [3.63, 3.8) is 0 Å². The van der Waals surface area contributed by atoms with Crippen molar-refractivity contribution < 1.29 is 4.79 Å². The number of nitrogens with zero attached hydrogens (tertiary/aromatic N) is 2. The number of carbonyl (C=O) groups is 1. The van der Waals surface area contributed by atoms with Crippen molar-refractivity contribution in [1.29, 1.82) is 0 Å². The van der Waals surface area contributed by atoms with Crippen LogP contribution in [0.3, 0.4) is 0 Å². The fourth-order valence-corrected chi connectivity index (χ4v) is 3.39. The molecular formula is C15H24N2O. The fraction of sp³-hybridized carbons (Fsp3) is 0.800. The van der Waals surface area contributed by atoms with Crippen molar-refractivity contribution in [2.45, 2.75) is 38.5 Å². The SMILES string of the molecule is CN1CCCC(C(=O)N2CCC(=C3CC3)CC2)C1. The van der Waals surface area contributed by atoms with Crippen LogP contribution in [0.5, 0.6) is 0 Å². The van der Waals surface area contributed by atoms with Crippen LogP contribution in [0, 0.1) is 5.92 Å². The van der Waals surface area contributed by atoms with E-state index in [1.807, 2.05) is 0 Å². The molecule has 0 N–H and O–H groups in total. The van der Waals surface area contributed by atoms with Crippen LogP contribution in [-0.2, 0) is 4.79 Å². The second kappa shape index (κ2) is 5.04. The fourth-order valence-electron chi connectivity index (χ4n) is 3.39. The third-order valence-electron chi connectivity index (χ3n) is 4.65. The predicted molar refractivity (Wildman–Crippen MR) is 72.3 cm³/mol. The van der Waals surface area contributed by atoms with E-state index in [4.69, 9.17) is 0 Å². The number of amides is 1. The van der Waals surface area contributed by atoms with Crippen LogP contribution in [-0.4, -0.2) is 48.9 Å². The average molecular weight is 248 g/mol. The van der Waals surface area contributed by atoms with Crippen molar-refractivity contribution in [3.8, 4) is 0 Å². The van der Waals surface area contributed by atoms with Crippen LogP contribution in [0.2, 0.25) is 0 Å². The van der Waals surface area contributed by atoms with Gasteiger partial charge in [0.25, 0.3) is 0 Å². The van der Waals surface area contributed by atoms with Gasteiger partial charge in [-0.2, -0.15) is 0 Å². The molecule has 18 heavy (non-hydrogen) atoms. The van der Waals surface area contributed by atoms with E-state index in [-0.39, 0.29) is 5.92 Å². The third kappa shape index (κ3) is 2.61. The number of allylic oxidation sites excluding steroid dienone is 1. The molecule has 0 aromatic heterocycles. The molecule has 3 heteroatoms. The van der Waals surface area contributed by atoms with E-state index in [9.17, 15) is 4.79 Å². The predicted octanol–water partition coefficient (Wildman–Crippen LogP) is 2.04. The molecule has 0 aromatic carbocycles. The first-order valence-electron chi connectivity index (χ1n) is 7.41. The van der Waals surface area contributed by atoms with Gasteiger partial charge in [-0.15, -0.1) is 0 Å². The van der Waals surface area contributed by atoms with Gasteiger partial charge in [-0.25, -0.2) is 0 Å². The Morgan fingerprint density at radius 3 is 2.33 bits per heavy atom. The van der Waals surface area contributed by atoms with Gasteiger partial charge in [-0.1, -0.05) is 11.1 Å². The maximum absolute atomic E-state index is 12.5. The Kier molecular flexibility index (Phi) is 3.42. The summed E-state index contributed by atoms with van der Waals surface area (Å²) < 4.78 is 0. The van der Waals surface area contributed by atoms with E-state index in [0.717, 1.165) is 45.4 Å². The molecule has 3 fully saturated rings. The van der Waals surface area contributed by atoms with E-state index in [1.54, 1.807) is 11.1 Å².